The molecule has 1 heterocycles. The Morgan fingerprint density at radius 1 is 1.14 bits per heavy atom. The first-order valence-corrected chi connectivity index (χ1v) is 7.77. The molecular formula is C19H18N2O. The lowest BCUT2D eigenvalue weighted by atomic mass is 9.87. The van der Waals surface area contributed by atoms with Crippen molar-refractivity contribution in [1.82, 2.24) is 10.3 Å². The Hall–Kier alpha value is -2.55. The fraction of sp³-hybridized carbons (Fsp3) is 0.211. The summed E-state index contributed by atoms with van der Waals surface area (Å²) in [6.07, 6.45) is 5.13. The molecule has 1 aliphatic carbocycles. The van der Waals surface area contributed by atoms with Crippen LogP contribution in [0, 0.1) is 0 Å². The molecule has 0 bridgehead atoms. The van der Waals surface area contributed by atoms with E-state index < -0.39 is 0 Å². The van der Waals surface area contributed by atoms with Crippen LogP contribution in [0.3, 0.4) is 0 Å². The van der Waals surface area contributed by atoms with Crippen molar-refractivity contribution >= 4 is 16.8 Å². The standard InChI is InChI=1S/C19H18N2O/c22-19(15-9-8-14-10-11-20-18(14)12-15)21-17-7-3-5-13-4-1-2-6-16(13)17/h1-2,4,6,8-12,17,20H,3,5,7H2,(H,21,22)/t17-/m1/s1. The number of fused-ring (bicyclic) bond motifs is 2. The van der Waals surface area contributed by atoms with Gasteiger partial charge in [-0.3, -0.25) is 4.79 Å². The van der Waals surface area contributed by atoms with Crippen molar-refractivity contribution in [2.75, 3.05) is 0 Å². The minimum atomic E-state index is -0.00166. The maximum atomic E-state index is 12.6. The maximum Gasteiger partial charge on any atom is 0.251 e. The highest BCUT2D eigenvalue weighted by Gasteiger charge is 2.21. The van der Waals surface area contributed by atoms with Gasteiger partial charge in [-0.25, -0.2) is 0 Å². The minimum Gasteiger partial charge on any atom is -0.361 e. The molecule has 2 N–H and O–H groups in total. The van der Waals surface area contributed by atoms with Crippen molar-refractivity contribution in [1.29, 1.82) is 0 Å². The van der Waals surface area contributed by atoms with Crippen molar-refractivity contribution in [2.45, 2.75) is 25.3 Å². The maximum absolute atomic E-state index is 12.6. The number of H-pyrrole nitrogens is 1. The number of aryl methyl sites for hydroxylation is 1. The number of benzene rings is 2. The first kappa shape index (κ1) is 13.1. The summed E-state index contributed by atoms with van der Waals surface area (Å²) >= 11 is 0. The molecule has 1 atom stereocenters. The largest absolute Gasteiger partial charge is 0.361 e. The van der Waals surface area contributed by atoms with Gasteiger partial charge in [0.15, 0.2) is 0 Å². The Bertz CT molecular complexity index is 834. The molecule has 22 heavy (non-hydrogen) atoms. The van der Waals surface area contributed by atoms with Gasteiger partial charge in [0.25, 0.3) is 5.91 Å². The van der Waals surface area contributed by atoms with Crippen LogP contribution < -0.4 is 5.32 Å². The molecule has 110 valence electrons. The van der Waals surface area contributed by atoms with E-state index in [9.17, 15) is 4.79 Å². The summed E-state index contributed by atoms with van der Waals surface area (Å²) in [6, 6.07) is 16.3. The van der Waals surface area contributed by atoms with Crippen LogP contribution >= 0.6 is 0 Å². The molecule has 0 saturated heterocycles. The summed E-state index contributed by atoms with van der Waals surface area (Å²) in [4.78, 5) is 15.7. The van der Waals surface area contributed by atoms with E-state index in [1.54, 1.807) is 0 Å². The Kier molecular flexibility index (Phi) is 3.19. The molecule has 0 spiro atoms. The van der Waals surface area contributed by atoms with Crippen molar-refractivity contribution < 1.29 is 4.79 Å². The van der Waals surface area contributed by atoms with Gasteiger partial charge in [0.05, 0.1) is 6.04 Å². The number of rotatable bonds is 2. The highest BCUT2D eigenvalue weighted by atomic mass is 16.1. The molecule has 2 aromatic carbocycles. The molecule has 3 heteroatoms. The summed E-state index contributed by atoms with van der Waals surface area (Å²) in [5.74, 6) is -0.00166. The van der Waals surface area contributed by atoms with Gasteiger partial charge in [0, 0.05) is 17.3 Å². The lowest BCUT2D eigenvalue weighted by Crippen LogP contribution is -2.30. The monoisotopic (exact) mass is 290 g/mol. The molecule has 3 nitrogen and oxygen atoms in total. The highest BCUT2D eigenvalue weighted by Crippen LogP contribution is 2.29. The zero-order chi connectivity index (χ0) is 14.9. The third-order valence-corrected chi connectivity index (χ3v) is 4.49. The lowest BCUT2D eigenvalue weighted by Gasteiger charge is -2.26. The first-order valence-electron chi connectivity index (χ1n) is 7.77. The third kappa shape index (κ3) is 2.29. The number of carbonyl (C=O) groups is 1. The van der Waals surface area contributed by atoms with Crippen LogP contribution in [0.5, 0.6) is 0 Å². The molecule has 0 saturated carbocycles. The van der Waals surface area contributed by atoms with Gasteiger partial charge in [-0.2, -0.15) is 0 Å². The fourth-order valence-corrected chi connectivity index (χ4v) is 3.33. The SMILES string of the molecule is O=C(N[C@@H]1CCCc2ccccc21)c1ccc2cc[nH]c2c1. The molecule has 3 aromatic rings. The zero-order valence-electron chi connectivity index (χ0n) is 12.3. The second-order valence-electron chi connectivity index (χ2n) is 5.90. The summed E-state index contributed by atoms with van der Waals surface area (Å²) in [7, 11) is 0. The van der Waals surface area contributed by atoms with Gasteiger partial charge >= 0.3 is 0 Å². The Labute approximate surface area is 129 Å². The van der Waals surface area contributed by atoms with Gasteiger partial charge in [0.1, 0.15) is 0 Å². The Morgan fingerprint density at radius 3 is 3.00 bits per heavy atom. The van der Waals surface area contributed by atoms with Crippen molar-refractivity contribution in [3.63, 3.8) is 0 Å². The molecule has 0 fully saturated rings. The van der Waals surface area contributed by atoms with Crippen LogP contribution in [0.15, 0.2) is 54.7 Å². The molecule has 1 aromatic heterocycles. The van der Waals surface area contributed by atoms with Crippen molar-refractivity contribution in [2.24, 2.45) is 0 Å². The highest BCUT2D eigenvalue weighted by molar-refractivity contribution is 5.98. The van der Waals surface area contributed by atoms with Gasteiger partial charge < -0.3 is 10.3 Å². The van der Waals surface area contributed by atoms with Crippen molar-refractivity contribution in [3.8, 4) is 0 Å². The van der Waals surface area contributed by atoms with Gasteiger partial charge in [-0.1, -0.05) is 30.3 Å². The van der Waals surface area contributed by atoms with Gasteiger partial charge in [0.2, 0.25) is 0 Å². The lowest BCUT2D eigenvalue weighted by molar-refractivity contribution is 0.0933. The topological polar surface area (TPSA) is 44.9 Å². The fourth-order valence-electron chi connectivity index (χ4n) is 3.33. The molecule has 0 aliphatic heterocycles. The van der Waals surface area contributed by atoms with Crippen LogP contribution in [-0.2, 0) is 6.42 Å². The number of amides is 1. The van der Waals surface area contributed by atoms with Crippen LogP contribution in [0.2, 0.25) is 0 Å². The predicted octanol–water partition coefficient (Wildman–Crippen LogP) is 3.98. The number of nitrogens with one attached hydrogen (secondary N) is 2. The van der Waals surface area contributed by atoms with Gasteiger partial charge in [-0.05, 0) is 54.0 Å². The van der Waals surface area contributed by atoms with Crippen LogP contribution in [0.4, 0.5) is 0 Å². The molecular weight excluding hydrogens is 272 g/mol. The number of hydrogen-bond acceptors (Lipinski definition) is 1. The third-order valence-electron chi connectivity index (χ3n) is 4.49. The van der Waals surface area contributed by atoms with Gasteiger partial charge in [-0.15, -0.1) is 0 Å². The van der Waals surface area contributed by atoms with Crippen LogP contribution in [0.1, 0.15) is 40.4 Å². The van der Waals surface area contributed by atoms with E-state index in [0.29, 0.717) is 5.56 Å². The van der Waals surface area contributed by atoms with Crippen molar-refractivity contribution in [3.05, 3.63) is 71.4 Å². The number of carbonyl (C=O) groups excluding carboxylic acids is 1. The Morgan fingerprint density at radius 2 is 2.05 bits per heavy atom. The summed E-state index contributed by atoms with van der Waals surface area (Å²) < 4.78 is 0. The molecule has 0 unspecified atom stereocenters. The average Bonchev–Trinajstić information content (AvgIpc) is 3.02. The molecule has 4 rings (SSSR count). The Balaban J connectivity index is 1.59. The van der Waals surface area contributed by atoms with E-state index in [-0.39, 0.29) is 11.9 Å². The first-order chi connectivity index (χ1) is 10.8. The molecule has 0 radical (unpaired) electrons. The summed E-state index contributed by atoms with van der Waals surface area (Å²) in [5, 5.41) is 4.32. The average molecular weight is 290 g/mol. The normalized spacial score (nSPS) is 17.2. The number of hydrogen-bond donors (Lipinski definition) is 2. The van der Waals surface area contributed by atoms with E-state index in [4.69, 9.17) is 0 Å². The van der Waals surface area contributed by atoms with Crippen LogP contribution in [0.25, 0.3) is 10.9 Å². The van der Waals surface area contributed by atoms with E-state index in [1.807, 2.05) is 36.5 Å². The zero-order valence-corrected chi connectivity index (χ0v) is 12.3. The number of aromatic amines is 1. The molecule has 1 aliphatic rings. The second-order valence-corrected chi connectivity index (χ2v) is 5.90. The minimum absolute atomic E-state index is 0.00166. The quantitative estimate of drug-likeness (QED) is 0.737. The number of aromatic nitrogens is 1. The van der Waals surface area contributed by atoms with E-state index in [0.717, 1.165) is 30.2 Å². The molecule has 1 amide bonds. The van der Waals surface area contributed by atoms with E-state index in [1.165, 1.54) is 11.1 Å². The van der Waals surface area contributed by atoms with E-state index >= 15 is 0 Å². The summed E-state index contributed by atoms with van der Waals surface area (Å²) in [5.41, 5.74) is 4.33. The second kappa shape index (κ2) is 5.34. The smallest absolute Gasteiger partial charge is 0.251 e. The van der Waals surface area contributed by atoms with E-state index in [2.05, 4.69) is 28.5 Å². The predicted molar refractivity (Wildman–Crippen MR) is 87.9 cm³/mol. The summed E-state index contributed by atoms with van der Waals surface area (Å²) in [6.45, 7) is 0. The van der Waals surface area contributed by atoms with Crippen LogP contribution in [-0.4, -0.2) is 10.9 Å².